The van der Waals surface area contributed by atoms with Gasteiger partial charge in [0.1, 0.15) is 5.82 Å². The van der Waals surface area contributed by atoms with E-state index in [4.69, 9.17) is 0 Å². The summed E-state index contributed by atoms with van der Waals surface area (Å²) in [7, 11) is 1.24. The fourth-order valence-corrected chi connectivity index (χ4v) is 3.30. The van der Waals surface area contributed by atoms with Crippen molar-refractivity contribution in [1.29, 1.82) is 0 Å². The number of hydrogen-bond donors (Lipinski definition) is 1. The first-order chi connectivity index (χ1) is 14.4. The molecule has 0 bridgehead atoms. The van der Waals surface area contributed by atoms with E-state index in [0.29, 0.717) is 16.7 Å². The average molecular weight is 412 g/mol. The van der Waals surface area contributed by atoms with Crippen LogP contribution in [0.25, 0.3) is 0 Å². The Hall–Kier alpha value is -3.55. The van der Waals surface area contributed by atoms with Gasteiger partial charge in [-0.1, -0.05) is 24.3 Å². The topological polar surface area (TPSA) is 92.8 Å². The van der Waals surface area contributed by atoms with Gasteiger partial charge in [0.2, 0.25) is 5.91 Å². The van der Waals surface area contributed by atoms with Crippen LogP contribution in [0.1, 0.15) is 51.6 Å². The molecule has 0 aliphatic carbocycles. The molecule has 1 aliphatic heterocycles. The number of halogens is 1. The molecule has 3 amide bonds. The fourth-order valence-electron chi connectivity index (χ4n) is 3.30. The van der Waals surface area contributed by atoms with Crippen LogP contribution in [0.15, 0.2) is 48.5 Å². The zero-order valence-corrected chi connectivity index (χ0v) is 16.4. The molecule has 1 N–H and O–H groups in total. The minimum absolute atomic E-state index is 0.0479. The highest BCUT2D eigenvalue weighted by Gasteiger charge is 2.34. The maximum atomic E-state index is 13.2. The molecule has 0 saturated carbocycles. The normalized spacial score (nSPS) is 13.7. The van der Waals surface area contributed by atoms with Crippen LogP contribution in [0, 0.1) is 5.82 Å². The number of fused-ring (bicyclic) bond motifs is 1. The van der Waals surface area contributed by atoms with Crippen LogP contribution in [0.4, 0.5) is 4.39 Å². The number of ether oxygens (including phenoxy) is 1. The van der Waals surface area contributed by atoms with Gasteiger partial charge in [0.05, 0.1) is 30.7 Å². The molecule has 0 aromatic heterocycles. The largest absolute Gasteiger partial charge is 0.469 e. The number of imide groups is 1. The molecule has 1 heterocycles. The average Bonchev–Trinajstić information content (AvgIpc) is 2.99. The van der Waals surface area contributed by atoms with Gasteiger partial charge < -0.3 is 10.1 Å². The summed E-state index contributed by atoms with van der Waals surface area (Å²) >= 11 is 0. The first kappa shape index (κ1) is 21.2. The maximum Gasteiger partial charge on any atom is 0.307 e. The second-order valence-corrected chi connectivity index (χ2v) is 6.86. The SMILES string of the molecule is COC(=O)CC(NC(=O)CCCN1C(=O)c2ccccc2C1=O)c1ccc(F)cc1. The molecule has 1 aliphatic rings. The van der Waals surface area contributed by atoms with Gasteiger partial charge in [0.15, 0.2) is 0 Å². The molecule has 156 valence electrons. The molecular formula is C22H21FN2O5. The number of hydrogen-bond acceptors (Lipinski definition) is 5. The first-order valence-electron chi connectivity index (χ1n) is 9.47. The molecule has 3 rings (SSSR count). The van der Waals surface area contributed by atoms with E-state index in [-0.39, 0.29) is 43.5 Å². The van der Waals surface area contributed by atoms with Crippen molar-refractivity contribution < 1.29 is 28.3 Å². The Labute approximate surface area is 172 Å². The van der Waals surface area contributed by atoms with E-state index in [1.54, 1.807) is 24.3 Å². The molecule has 1 atom stereocenters. The van der Waals surface area contributed by atoms with Gasteiger partial charge in [-0.2, -0.15) is 0 Å². The lowest BCUT2D eigenvalue weighted by Gasteiger charge is -2.19. The Morgan fingerprint density at radius 1 is 1.03 bits per heavy atom. The molecule has 0 spiro atoms. The van der Waals surface area contributed by atoms with E-state index in [0.717, 1.165) is 4.90 Å². The minimum Gasteiger partial charge on any atom is -0.469 e. The van der Waals surface area contributed by atoms with Crippen LogP contribution in [-0.4, -0.2) is 42.2 Å². The molecule has 0 radical (unpaired) electrons. The quantitative estimate of drug-likeness (QED) is 0.532. The number of amides is 3. The van der Waals surface area contributed by atoms with Crippen molar-refractivity contribution in [3.8, 4) is 0 Å². The van der Waals surface area contributed by atoms with E-state index in [9.17, 15) is 23.6 Å². The molecule has 1 unspecified atom stereocenters. The summed E-state index contributed by atoms with van der Waals surface area (Å²) in [6, 6.07) is 11.4. The molecule has 8 heteroatoms. The van der Waals surface area contributed by atoms with Crippen LogP contribution in [-0.2, 0) is 14.3 Å². The number of nitrogens with one attached hydrogen (secondary N) is 1. The second kappa shape index (κ2) is 9.30. The summed E-state index contributed by atoms with van der Waals surface area (Å²) in [4.78, 5) is 49.9. The van der Waals surface area contributed by atoms with Crippen LogP contribution in [0.2, 0.25) is 0 Å². The van der Waals surface area contributed by atoms with E-state index in [1.807, 2.05) is 0 Å². The zero-order valence-electron chi connectivity index (χ0n) is 16.4. The molecule has 0 saturated heterocycles. The summed E-state index contributed by atoms with van der Waals surface area (Å²) in [6.07, 6.45) is 0.213. The van der Waals surface area contributed by atoms with E-state index in [2.05, 4.69) is 10.1 Å². The van der Waals surface area contributed by atoms with Crippen LogP contribution < -0.4 is 5.32 Å². The predicted molar refractivity (Wildman–Crippen MR) is 105 cm³/mol. The van der Waals surface area contributed by atoms with Gasteiger partial charge in [-0.3, -0.25) is 24.1 Å². The van der Waals surface area contributed by atoms with Gasteiger partial charge in [0.25, 0.3) is 11.8 Å². The smallest absolute Gasteiger partial charge is 0.307 e. The van der Waals surface area contributed by atoms with Crippen molar-refractivity contribution in [1.82, 2.24) is 10.2 Å². The number of carbonyl (C=O) groups excluding carboxylic acids is 4. The van der Waals surface area contributed by atoms with Crippen molar-refractivity contribution in [3.63, 3.8) is 0 Å². The van der Waals surface area contributed by atoms with Gasteiger partial charge in [-0.15, -0.1) is 0 Å². The van der Waals surface area contributed by atoms with Crippen molar-refractivity contribution in [3.05, 3.63) is 71.0 Å². The minimum atomic E-state index is -0.676. The highest BCUT2D eigenvalue weighted by molar-refractivity contribution is 6.21. The third-order valence-corrected chi connectivity index (χ3v) is 4.87. The first-order valence-corrected chi connectivity index (χ1v) is 9.47. The highest BCUT2D eigenvalue weighted by Crippen LogP contribution is 2.23. The molecule has 7 nitrogen and oxygen atoms in total. The Kier molecular flexibility index (Phi) is 6.56. The monoisotopic (exact) mass is 412 g/mol. The van der Waals surface area contributed by atoms with Gasteiger partial charge in [-0.25, -0.2) is 4.39 Å². The third kappa shape index (κ3) is 4.71. The van der Waals surface area contributed by atoms with Crippen molar-refractivity contribution in [2.45, 2.75) is 25.3 Å². The summed E-state index contributed by atoms with van der Waals surface area (Å²) in [5, 5.41) is 2.73. The van der Waals surface area contributed by atoms with Gasteiger partial charge in [-0.05, 0) is 36.2 Å². The summed E-state index contributed by atoms with van der Waals surface area (Å²) in [5.41, 5.74) is 1.29. The van der Waals surface area contributed by atoms with Crippen molar-refractivity contribution in [2.75, 3.05) is 13.7 Å². The maximum absolute atomic E-state index is 13.2. The summed E-state index contributed by atoms with van der Waals surface area (Å²) < 4.78 is 17.8. The molecule has 30 heavy (non-hydrogen) atoms. The number of benzene rings is 2. The van der Waals surface area contributed by atoms with Gasteiger partial charge in [0, 0.05) is 13.0 Å². The number of esters is 1. The molecule has 2 aromatic rings. The highest BCUT2D eigenvalue weighted by atomic mass is 19.1. The Morgan fingerprint density at radius 3 is 2.20 bits per heavy atom. The van der Waals surface area contributed by atoms with Crippen LogP contribution in [0.5, 0.6) is 0 Å². The summed E-state index contributed by atoms with van der Waals surface area (Å²) in [5.74, 6) is -2.04. The van der Waals surface area contributed by atoms with E-state index >= 15 is 0 Å². The summed E-state index contributed by atoms with van der Waals surface area (Å²) in [6.45, 7) is 0.109. The Morgan fingerprint density at radius 2 is 1.63 bits per heavy atom. The number of nitrogens with zero attached hydrogens (tertiary/aromatic N) is 1. The molecule has 2 aromatic carbocycles. The number of methoxy groups -OCH3 is 1. The van der Waals surface area contributed by atoms with Crippen molar-refractivity contribution in [2.24, 2.45) is 0 Å². The third-order valence-electron chi connectivity index (χ3n) is 4.87. The lowest BCUT2D eigenvalue weighted by molar-refractivity contribution is -0.141. The Bertz CT molecular complexity index is 939. The lowest BCUT2D eigenvalue weighted by atomic mass is 10.0. The Balaban J connectivity index is 1.57. The number of carbonyl (C=O) groups is 4. The predicted octanol–water partition coefficient (Wildman–Crippen LogP) is 2.62. The standard InChI is InChI=1S/C22H21FN2O5/c1-30-20(27)13-18(14-8-10-15(23)11-9-14)24-19(26)7-4-12-25-21(28)16-5-2-3-6-17(16)22(25)29/h2-3,5-6,8-11,18H,4,7,12-13H2,1H3,(H,24,26). The second-order valence-electron chi connectivity index (χ2n) is 6.86. The number of rotatable bonds is 8. The molecule has 0 fully saturated rings. The van der Waals surface area contributed by atoms with Gasteiger partial charge >= 0.3 is 5.97 Å². The van der Waals surface area contributed by atoms with Crippen LogP contribution >= 0.6 is 0 Å². The molecular weight excluding hydrogens is 391 g/mol. The van der Waals surface area contributed by atoms with Crippen LogP contribution in [0.3, 0.4) is 0 Å². The zero-order chi connectivity index (χ0) is 21.7. The van der Waals surface area contributed by atoms with E-state index < -0.39 is 17.8 Å². The van der Waals surface area contributed by atoms with Crippen molar-refractivity contribution >= 4 is 23.7 Å². The van der Waals surface area contributed by atoms with E-state index in [1.165, 1.54) is 31.4 Å². The fraction of sp³-hybridized carbons (Fsp3) is 0.273. The lowest BCUT2D eigenvalue weighted by Crippen LogP contribution is -2.33.